The third kappa shape index (κ3) is 9.32. The van der Waals surface area contributed by atoms with Crippen LogP contribution >= 0.6 is 23.1 Å². The largest absolute Gasteiger partial charge is 0.350 e. The Morgan fingerprint density at radius 2 is 1.87 bits per heavy atom. The maximum absolute atomic E-state index is 13.5. The predicted octanol–water partition coefficient (Wildman–Crippen LogP) is 3.55. The summed E-state index contributed by atoms with van der Waals surface area (Å²) >= 11 is 3.48. The first-order valence-corrected chi connectivity index (χ1v) is 15.9. The second kappa shape index (κ2) is 15.4. The van der Waals surface area contributed by atoms with Gasteiger partial charge in [0.25, 0.3) is 0 Å². The molecular weight excluding hydrogens is 530 g/mol. The molecule has 0 spiro atoms. The van der Waals surface area contributed by atoms with Gasteiger partial charge in [-0.05, 0) is 30.0 Å². The Hall–Kier alpha value is -2.43. The van der Waals surface area contributed by atoms with Gasteiger partial charge in [0.05, 0.1) is 15.2 Å². The molecule has 3 atom stereocenters. The molecule has 2 heterocycles. The summed E-state index contributed by atoms with van der Waals surface area (Å²) in [6, 6.07) is 5.18. The second-order valence-electron chi connectivity index (χ2n) is 10.1. The molecule has 39 heavy (non-hydrogen) atoms. The van der Waals surface area contributed by atoms with Gasteiger partial charge < -0.3 is 16.0 Å². The van der Waals surface area contributed by atoms with E-state index in [1.54, 1.807) is 18.3 Å². The predicted molar refractivity (Wildman–Crippen MR) is 162 cm³/mol. The van der Waals surface area contributed by atoms with Gasteiger partial charge in [-0.3, -0.25) is 19.3 Å². The third-order valence-electron chi connectivity index (χ3n) is 7.24. The lowest BCUT2D eigenvalue weighted by Gasteiger charge is -2.28. The lowest BCUT2D eigenvalue weighted by Crippen LogP contribution is -2.54. The van der Waals surface area contributed by atoms with Crippen LogP contribution in [0.5, 0.6) is 0 Å². The number of amides is 3. The zero-order chi connectivity index (χ0) is 28.4. The number of aromatic nitrogens is 1. The van der Waals surface area contributed by atoms with Crippen LogP contribution in [0.4, 0.5) is 0 Å². The Balaban J connectivity index is 1.66. The molecule has 2 aromatic rings. The Labute approximate surface area is 240 Å². The molecule has 1 unspecified atom stereocenters. The monoisotopic (exact) mass is 573 g/mol. The molecule has 1 fully saturated rings. The molecule has 1 aromatic carbocycles. The number of nitrogens with zero attached hydrogens (tertiary/aromatic N) is 2. The molecule has 1 aromatic heterocycles. The van der Waals surface area contributed by atoms with Crippen LogP contribution in [0.3, 0.4) is 0 Å². The maximum Gasteiger partial charge on any atom is 0.247 e. The summed E-state index contributed by atoms with van der Waals surface area (Å²) in [4.78, 5) is 45.6. The number of hydrogen-bond donors (Lipinski definition) is 3. The van der Waals surface area contributed by atoms with Crippen LogP contribution < -0.4 is 16.0 Å². The Kier molecular flexibility index (Phi) is 12.3. The van der Waals surface area contributed by atoms with E-state index in [1.807, 2.05) is 17.8 Å². The molecule has 10 heteroatoms. The van der Waals surface area contributed by atoms with E-state index in [0.29, 0.717) is 25.1 Å². The highest BCUT2D eigenvalue weighted by Gasteiger charge is 2.27. The summed E-state index contributed by atoms with van der Waals surface area (Å²) in [6.07, 6.45) is 2.37. The first-order valence-electron chi connectivity index (χ1n) is 14.0. The fourth-order valence-corrected chi connectivity index (χ4v) is 6.45. The van der Waals surface area contributed by atoms with E-state index in [-0.39, 0.29) is 36.1 Å². The van der Waals surface area contributed by atoms with Gasteiger partial charge in [-0.15, -0.1) is 11.3 Å². The SMILES string of the molecule is C=C(CN1CCSCC1)C(=O)NC[C@@H](NC(=O)[C@H](Cc1nc2ccc(CC)cc2s1)NC(=O)CC)C(C)CC. The van der Waals surface area contributed by atoms with Crippen LogP contribution in [0, 0.1) is 5.92 Å². The van der Waals surface area contributed by atoms with E-state index in [4.69, 9.17) is 4.98 Å². The summed E-state index contributed by atoms with van der Waals surface area (Å²) < 4.78 is 1.08. The van der Waals surface area contributed by atoms with Gasteiger partial charge in [0.15, 0.2) is 0 Å². The first-order chi connectivity index (χ1) is 18.7. The van der Waals surface area contributed by atoms with E-state index in [9.17, 15) is 14.4 Å². The van der Waals surface area contributed by atoms with Gasteiger partial charge in [-0.1, -0.05) is 46.8 Å². The van der Waals surface area contributed by atoms with Gasteiger partial charge >= 0.3 is 0 Å². The topological polar surface area (TPSA) is 103 Å². The van der Waals surface area contributed by atoms with Crippen LogP contribution in [-0.2, 0) is 27.2 Å². The quantitative estimate of drug-likeness (QED) is 0.299. The average molecular weight is 574 g/mol. The summed E-state index contributed by atoms with van der Waals surface area (Å²) in [6.45, 7) is 14.8. The van der Waals surface area contributed by atoms with Crippen molar-refractivity contribution in [1.29, 1.82) is 0 Å². The molecule has 0 bridgehead atoms. The fraction of sp³-hybridized carbons (Fsp3) is 0.586. The van der Waals surface area contributed by atoms with Gasteiger partial charge in [-0.25, -0.2) is 4.98 Å². The molecule has 0 radical (unpaired) electrons. The number of fused-ring (bicyclic) bond motifs is 1. The molecule has 3 rings (SSSR count). The van der Waals surface area contributed by atoms with E-state index in [2.05, 4.69) is 60.3 Å². The number of aryl methyl sites for hydroxylation is 1. The molecule has 8 nitrogen and oxygen atoms in total. The Morgan fingerprint density at radius 3 is 2.54 bits per heavy atom. The molecule has 3 amide bonds. The van der Waals surface area contributed by atoms with Crippen LogP contribution in [0.2, 0.25) is 0 Å². The van der Waals surface area contributed by atoms with Crippen molar-refractivity contribution >= 4 is 51.0 Å². The van der Waals surface area contributed by atoms with Crippen LogP contribution in [0.15, 0.2) is 30.4 Å². The normalized spacial score (nSPS) is 16.3. The van der Waals surface area contributed by atoms with E-state index >= 15 is 0 Å². The average Bonchev–Trinajstić information content (AvgIpc) is 3.35. The van der Waals surface area contributed by atoms with Crippen LogP contribution in [-0.4, -0.2) is 77.4 Å². The van der Waals surface area contributed by atoms with Crippen molar-refractivity contribution in [1.82, 2.24) is 25.8 Å². The van der Waals surface area contributed by atoms with E-state index in [1.165, 1.54) is 5.56 Å². The Bertz CT molecular complexity index is 1150. The van der Waals surface area contributed by atoms with Crippen LogP contribution in [0.25, 0.3) is 10.2 Å². The second-order valence-corrected chi connectivity index (χ2v) is 12.5. The standard InChI is InChI=1S/C29H43N5O3S2/c1-6-19(4)24(17-30-28(36)20(5)18-34-11-13-38-14-12-34)33-29(37)23(31-26(35)8-3)16-27-32-22-10-9-21(7-2)15-25(22)39-27/h9-10,15,19,23-24H,5-8,11-14,16-18H2,1-4H3,(H,30,36)(H,31,35)(H,33,37)/t19?,23-,24+/m0/s1. The number of carbonyl (C=O) groups excluding carboxylic acids is 3. The smallest absolute Gasteiger partial charge is 0.247 e. The molecule has 0 saturated carbocycles. The number of thiazole rings is 1. The summed E-state index contributed by atoms with van der Waals surface area (Å²) in [5.74, 6) is 1.62. The minimum atomic E-state index is -0.752. The van der Waals surface area contributed by atoms with Crippen LogP contribution in [0.1, 0.15) is 51.1 Å². The minimum absolute atomic E-state index is 0.124. The highest BCUT2D eigenvalue weighted by Crippen LogP contribution is 2.24. The molecule has 214 valence electrons. The van der Waals surface area contributed by atoms with E-state index < -0.39 is 6.04 Å². The lowest BCUT2D eigenvalue weighted by atomic mass is 9.98. The van der Waals surface area contributed by atoms with E-state index in [0.717, 1.165) is 52.7 Å². The van der Waals surface area contributed by atoms with Crippen molar-refractivity contribution in [2.75, 3.05) is 37.7 Å². The first kappa shape index (κ1) is 31.1. The molecule has 0 aliphatic carbocycles. The van der Waals surface area contributed by atoms with Gasteiger partial charge in [-0.2, -0.15) is 11.8 Å². The van der Waals surface area contributed by atoms with Gasteiger partial charge in [0.1, 0.15) is 6.04 Å². The highest BCUT2D eigenvalue weighted by molar-refractivity contribution is 7.99. The number of thioether (sulfide) groups is 1. The number of carbonyl (C=O) groups is 3. The number of hydrogen-bond acceptors (Lipinski definition) is 7. The summed E-state index contributed by atoms with van der Waals surface area (Å²) in [5.41, 5.74) is 2.67. The van der Waals surface area contributed by atoms with Crippen molar-refractivity contribution in [2.24, 2.45) is 5.92 Å². The molecule has 1 saturated heterocycles. The van der Waals surface area contributed by atoms with Crippen molar-refractivity contribution in [3.63, 3.8) is 0 Å². The molecule has 1 aliphatic heterocycles. The fourth-order valence-electron chi connectivity index (χ4n) is 4.40. The van der Waals surface area contributed by atoms with Crippen molar-refractivity contribution in [3.05, 3.63) is 40.9 Å². The van der Waals surface area contributed by atoms with Gasteiger partial charge in [0, 0.05) is 62.1 Å². The summed E-state index contributed by atoms with van der Waals surface area (Å²) in [5, 5.41) is 9.77. The zero-order valence-electron chi connectivity index (χ0n) is 23.7. The number of rotatable bonds is 14. The molecular formula is C29H43N5O3S2. The maximum atomic E-state index is 13.5. The van der Waals surface area contributed by atoms with Gasteiger partial charge in [0.2, 0.25) is 17.7 Å². The number of benzene rings is 1. The van der Waals surface area contributed by atoms with Crippen molar-refractivity contribution < 1.29 is 14.4 Å². The zero-order valence-corrected chi connectivity index (χ0v) is 25.3. The highest BCUT2D eigenvalue weighted by atomic mass is 32.2. The van der Waals surface area contributed by atoms with Crippen molar-refractivity contribution in [3.8, 4) is 0 Å². The number of nitrogens with one attached hydrogen (secondary N) is 3. The van der Waals surface area contributed by atoms with Crippen molar-refractivity contribution in [2.45, 2.75) is 65.5 Å². The molecule has 3 N–H and O–H groups in total. The minimum Gasteiger partial charge on any atom is -0.350 e. The third-order valence-corrected chi connectivity index (χ3v) is 9.22. The lowest BCUT2D eigenvalue weighted by molar-refractivity contribution is -0.129. The summed E-state index contributed by atoms with van der Waals surface area (Å²) in [7, 11) is 0. The Morgan fingerprint density at radius 1 is 1.13 bits per heavy atom. The molecule has 1 aliphatic rings.